The summed E-state index contributed by atoms with van der Waals surface area (Å²) in [6, 6.07) is 28.7. The standard InChI is InChI=1S/C53H80S4.C41H68Br2S2.C10H6S2.6CH3.H24P22.2Sn/c1-5-7-9-11-13-15-17-19-21-23-25-27-29-31-39-53(40-32-30-28-26-24-22-20-18-16-14-12-10-8-6-2)47-41-44(4)55-51(47)52-48(53)42-50(57-52)49-38-37-46(56-49)36-35-45-34-33-43(3)54-45;1-3-5-7-9-11-13-15-17-19-21-23-25-27-29-31-41(35-33-37(42)44-39(35)40-36(41)34-38(43)45-40)32-30-28-26-24-22-20-18-16-14-12-10-8-6-4-2;1-3-9(11-7-1)5-6-10-4-2-8-12-10;;;;;;;1-13(2)19(14(3)4)22(20(15(5)6)16(7)8)21(17(9)10)18(11)12;;/h33-38,41-42H,5-32,39-40H2,1-4H3;33-34H,3-32H2,1-2H3;1-6H;6*1H3;1-12H2;;/b36-35+;;6-5+;;;;;;;;;. The fraction of sp³-hybridized carbons (Fsp3) is 0.673. The second-order valence-electron chi connectivity index (χ2n) is 42.7. The molecule has 0 aromatic carbocycles. The zero-order valence-corrected chi connectivity index (χ0v) is 129. The normalized spacial score (nSPS) is 13.5. The van der Waals surface area contributed by atoms with Gasteiger partial charge in [-0.25, -0.2) is 0 Å². The number of aryl methyl sites for hydroxylation is 2. The van der Waals surface area contributed by atoms with Crippen LogP contribution in [0.2, 0.25) is 29.6 Å². The molecule has 8 heterocycles. The van der Waals surface area contributed by atoms with E-state index in [9.17, 15) is 0 Å². The van der Waals surface area contributed by atoms with E-state index in [2.05, 4.69) is 330 Å². The van der Waals surface area contributed by atoms with Gasteiger partial charge in [0.2, 0.25) is 0 Å². The van der Waals surface area contributed by atoms with Crippen molar-refractivity contribution >= 4 is 366 Å². The van der Waals surface area contributed by atoms with Crippen LogP contribution < -0.4 is 5.79 Å². The van der Waals surface area contributed by atoms with Gasteiger partial charge >= 0.3 is 141 Å². The first-order valence-corrected chi connectivity index (χ1v) is 123. The minimum atomic E-state index is -1.86. The van der Waals surface area contributed by atoms with Gasteiger partial charge in [-0.1, -0.05) is 387 Å². The number of halogens is 2. The molecule has 0 bridgehead atoms. The van der Waals surface area contributed by atoms with Crippen molar-refractivity contribution in [3.63, 3.8) is 0 Å². The van der Waals surface area contributed by atoms with Crippen molar-refractivity contribution in [2.45, 2.75) is 467 Å². The van der Waals surface area contributed by atoms with Crippen LogP contribution in [-0.2, 0) is 10.8 Å². The monoisotopic (exact) mass is 2850 g/mol. The van der Waals surface area contributed by atoms with Crippen LogP contribution in [0.1, 0.15) is 464 Å². The van der Waals surface area contributed by atoms with Gasteiger partial charge in [-0.15, -0.1) is 175 Å². The molecule has 12 unspecified atom stereocenters. The average Bonchev–Trinajstić information content (AvgIpc) is 1.55. The van der Waals surface area contributed by atoms with E-state index in [1.807, 2.05) is 68.0 Å². The van der Waals surface area contributed by atoms with Gasteiger partial charge in [0.15, 0.2) is 0 Å². The third kappa shape index (κ3) is 52.3. The molecular weight excluding hydrogens is 2660 g/mol. The van der Waals surface area contributed by atoms with Crippen LogP contribution >= 0.6 is 300 Å². The van der Waals surface area contributed by atoms with Gasteiger partial charge in [-0.3, -0.25) is 0 Å². The predicted molar refractivity (Wildman–Crippen MR) is 767 cm³/mol. The molecule has 0 nitrogen and oxygen atoms in total. The molecule has 8 aromatic rings. The van der Waals surface area contributed by atoms with E-state index in [4.69, 9.17) is 0 Å². The van der Waals surface area contributed by atoms with Crippen molar-refractivity contribution in [1.82, 2.24) is 0 Å². The van der Waals surface area contributed by atoms with E-state index in [1.54, 1.807) is 47.5 Å². The van der Waals surface area contributed by atoms with Gasteiger partial charge in [0.05, 0.1) is 7.57 Å². The first-order valence-electron chi connectivity index (χ1n) is 55.8. The van der Waals surface area contributed by atoms with Crippen molar-refractivity contribution in [2.75, 3.05) is 0 Å². The minimum absolute atomic E-state index is 0.00720. The van der Waals surface area contributed by atoms with Crippen molar-refractivity contribution < 1.29 is 0 Å². The van der Waals surface area contributed by atoms with Gasteiger partial charge in [0, 0.05) is 59.6 Å². The van der Waals surface area contributed by atoms with Gasteiger partial charge in [-0.05, 0) is 224 Å². The van der Waals surface area contributed by atoms with E-state index in [0.717, 1.165) is 0 Å². The van der Waals surface area contributed by atoms with Gasteiger partial charge in [0.1, 0.15) is 0 Å². The van der Waals surface area contributed by atoms with Gasteiger partial charge < -0.3 is 0 Å². The molecule has 0 N–H and O–H groups in total. The fourth-order valence-corrected chi connectivity index (χ4v) is 313. The number of hydrogen-bond acceptors (Lipinski definition) is 8. The van der Waals surface area contributed by atoms with Crippen molar-refractivity contribution in [3.05, 3.63) is 132 Å². The quantitative estimate of drug-likeness (QED) is 0.0202. The van der Waals surface area contributed by atoms with E-state index in [1.165, 1.54) is 432 Å². The third-order valence-electron chi connectivity index (χ3n) is 28.2. The Bertz CT molecular complexity index is 4490. The summed E-state index contributed by atoms with van der Waals surface area (Å²) in [6.07, 6.45) is 94.7. The maximum atomic E-state index is 3.87. The molecule has 0 aliphatic heterocycles. The molecule has 144 heavy (non-hydrogen) atoms. The molecule has 8 aromatic heterocycles. The summed E-state index contributed by atoms with van der Waals surface area (Å²) in [5.41, 5.74) is 7.13. The molecule has 2 aliphatic rings. The SMILES string of the molecule is CCCCCCCCCCCCCCCCC1(CCCCCCCCCCCCCCCC)c2cc(Br)sc2-c2sc(Br)cc21.CCCCCCCCCCCCCCCCC1(CCCCCCCCCCCCCCCC)c2cc(C)sc2-c2sc(-c3ccc(/C=C/c4ccc(C)s4)s3)cc21.PP(P)P(P(P)P)P(P(P(P)P)P(P)P)P(P(P)P)P(P)P.[CH3][Sn]([CH3])([CH3])[c]1ccc(/C=C/c2cc[c]([Sn]([CH3])([CH3])[CH3])s2)s1. The topological polar surface area (TPSA) is 0 Å². The maximum absolute atomic E-state index is 3.87. The third-order valence-corrected chi connectivity index (χ3v) is 195. The first kappa shape index (κ1) is 140. The number of fused-ring (bicyclic) bond motifs is 6. The average molecular weight is 2850 g/mol. The molecule has 0 saturated heterocycles. The molecule has 0 radical (unpaired) electrons. The molecule has 12 atom stereocenters. The molecule has 816 valence electrons. The molecule has 0 spiro atoms. The van der Waals surface area contributed by atoms with Crippen LogP contribution in [0.4, 0.5) is 0 Å². The second-order valence-corrected chi connectivity index (χ2v) is 173. The Morgan fingerprint density at radius 1 is 0.236 bits per heavy atom. The van der Waals surface area contributed by atoms with Crippen molar-refractivity contribution in [3.8, 4) is 29.3 Å². The van der Waals surface area contributed by atoms with Gasteiger partial charge in [0.25, 0.3) is 0 Å². The molecule has 0 amide bonds. The van der Waals surface area contributed by atoms with Crippen LogP contribution in [0.3, 0.4) is 0 Å². The summed E-state index contributed by atoms with van der Waals surface area (Å²) in [4.78, 5) is 32.5. The van der Waals surface area contributed by atoms with Crippen LogP contribution in [0.5, 0.6) is 0 Å². The Morgan fingerprint density at radius 2 is 0.465 bits per heavy atom. The summed E-state index contributed by atoms with van der Waals surface area (Å²) in [7, 11) is 38.2. The molecule has 10 rings (SSSR count). The van der Waals surface area contributed by atoms with Crippen LogP contribution in [-0.4, -0.2) is 36.8 Å². The summed E-state index contributed by atoms with van der Waals surface area (Å²) in [5, 5.41) is 0. The van der Waals surface area contributed by atoms with Crippen LogP contribution in [0, 0.1) is 13.8 Å². The Hall–Kier alpha value is 9.10. The molecule has 0 fully saturated rings. The predicted octanol–water partition coefficient (Wildman–Crippen LogP) is 55.3. The van der Waals surface area contributed by atoms with Crippen LogP contribution in [0.15, 0.2) is 80.4 Å². The Morgan fingerprint density at radius 3 is 0.722 bits per heavy atom. The number of hydrogen-bond donors (Lipinski definition) is 0. The first-order chi connectivity index (χ1) is 69.2. The second kappa shape index (κ2) is 81.0. The van der Waals surface area contributed by atoms with Crippen LogP contribution in [0.25, 0.3) is 53.6 Å². The number of rotatable bonds is 76. The fourth-order valence-electron chi connectivity index (χ4n) is 20.2. The van der Waals surface area contributed by atoms with E-state index < -0.39 is 36.8 Å². The summed E-state index contributed by atoms with van der Waals surface area (Å²) < 4.78 is 5.95. The Labute approximate surface area is 982 Å². The van der Waals surface area contributed by atoms with Crippen molar-refractivity contribution in [1.29, 1.82) is 0 Å². The Kier molecular flexibility index (Phi) is 78.7. The molecule has 2 aliphatic carbocycles. The summed E-state index contributed by atoms with van der Waals surface area (Å²) >= 11 is 19.9. The number of thiophene rings is 8. The van der Waals surface area contributed by atoms with Gasteiger partial charge in [-0.2, -0.15) is 0 Å². The zero-order chi connectivity index (χ0) is 105. The number of unbranched alkanes of at least 4 members (excludes halogenated alkanes) is 52. The Balaban J connectivity index is 0.000000285. The summed E-state index contributed by atoms with van der Waals surface area (Å²) in [5.74, 6) is 0. The molecule has 0 saturated carbocycles. The van der Waals surface area contributed by atoms with E-state index in [0.29, 0.717) is 0 Å². The summed E-state index contributed by atoms with van der Waals surface area (Å²) in [6.45, 7) is 14.3. The van der Waals surface area contributed by atoms with E-state index >= 15 is 0 Å². The zero-order valence-electron chi connectivity index (χ0n) is 91.1. The van der Waals surface area contributed by atoms with E-state index in [-0.39, 0.29) is 80.7 Å². The molecular formula is C110H196Br2P22S8Sn2. The van der Waals surface area contributed by atoms with Crippen molar-refractivity contribution in [2.24, 2.45) is 0 Å². The molecule has 34 heteroatoms.